The van der Waals surface area contributed by atoms with Crippen LogP contribution in [0.25, 0.3) is 0 Å². The van der Waals surface area contributed by atoms with Crippen LogP contribution in [0.5, 0.6) is 0 Å². The highest BCUT2D eigenvalue weighted by atomic mass is 16.5. The van der Waals surface area contributed by atoms with Crippen molar-refractivity contribution >= 4 is 11.6 Å². The second-order valence-corrected chi connectivity index (χ2v) is 9.96. The largest absolute Gasteiger partial charge is 0.365 e. The zero-order valence-electron chi connectivity index (χ0n) is 19.5. The van der Waals surface area contributed by atoms with Gasteiger partial charge in [0.15, 0.2) is 0 Å². The van der Waals surface area contributed by atoms with E-state index in [0.717, 1.165) is 18.4 Å². The van der Waals surface area contributed by atoms with E-state index in [9.17, 15) is 9.59 Å². The number of unbranched alkanes of at least 4 members (excludes halogenated alkanes) is 3. The van der Waals surface area contributed by atoms with Gasteiger partial charge >= 0.3 is 0 Å². The minimum atomic E-state index is -0.388. The molecule has 3 nitrogen and oxygen atoms in total. The van der Waals surface area contributed by atoms with E-state index in [1.54, 1.807) is 0 Å². The lowest BCUT2D eigenvalue weighted by atomic mass is 9.66. The van der Waals surface area contributed by atoms with E-state index in [-0.39, 0.29) is 34.9 Å². The van der Waals surface area contributed by atoms with Gasteiger partial charge in [-0.15, -0.1) is 0 Å². The zero-order chi connectivity index (χ0) is 22.3. The van der Waals surface area contributed by atoms with Crippen LogP contribution in [-0.4, -0.2) is 17.2 Å². The Morgan fingerprint density at radius 2 is 1.74 bits per heavy atom. The smallest absolute Gasteiger partial charge is 0.140 e. The molecule has 1 fully saturated rings. The molecule has 0 N–H and O–H groups in total. The Morgan fingerprint density at radius 1 is 1.03 bits per heavy atom. The summed E-state index contributed by atoms with van der Waals surface area (Å²) in [5.74, 6) is 0.178. The molecule has 1 saturated carbocycles. The molecule has 3 rings (SSSR count). The van der Waals surface area contributed by atoms with Gasteiger partial charge in [0.05, 0.1) is 18.6 Å². The van der Waals surface area contributed by atoms with Crippen molar-refractivity contribution < 1.29 is 14.3 Å². The van der Waals surface area contributed by atoms with E-state index in [4.69, 9.17) is 4.74 Å². The Labute approximate surface area is 188 Å². The van der Waals surface area contributed by atoms with Crippen molar-refractivity contribution in [2.45, 2.75) is 90.8 Å². The molecule has 1 aromatic carbocycles. The zero-order valence-corrected chi connectivity index (χ0v) is 19.5. The van der Waals surface area contributed by atoms with Crippen LogP contribution in [0.15, 0.2) is 54.1 Å². The van der Waals surface area contributed by atoms with Gasteiger partial charge in [-0.3, -0.25) is 9.59 Å². The fourth-order valence-corrected chi connectivity index (χ4v) is 4.96. The highest BCUT2D eigenvalue weighted by molar-refractivity contribution is 6.01. The maximum Gasteiger partial charge on any atom is 0.140 e. The van der Waals surface area contributed by atoms with Crippen LogP contribution in [0, 0.1) is 11.3 Å². The number of allylic oxidation sites excluding steroid dienone is 2. The first-order valence-electron chi connectivity index (χ1n) is 12.0. The summed E-state index contributed by atoms with van der Waals surface area (Å²) in [6, 6.07) is 10.3. The van der Waals surface area contributed by atoms with Crippen molar-refractivity contribution in [1.29, 1.82) is 0 Å². The van der Waals surface area contributed by atoms with Crippen molar-refractivity contribution in [3.8, 4) is 0 Å². The van der Waals surface area contributed by atoms with Gasteiger partial charge < -0.3 is 4.74 Å². The predicted octanol–water partition coefficient (Wildman–Crippen LogP) is 6.76. The van der Waals surface area contributed by atoms with Gasteiger partial charge in [0.25, 0.3) is 0 Å². The number of hydrogen-bond acceptors (Lipinski definition) is 3. The molecule has 0 radical (unpaired) electrons. The molecule has 2 aliphatic carbocycles. The molecule has 0 aliphatic heterocycles. The normalized spacial score (nSPS) is 22.6. The number of carbonyl (C=O) groups is 2. The quantitative estimate of drug-likeness (QED) is 0.309. The number of benzene rings is 1. The van der Waals surface area contributed by atoms with Crippen molar-refractivity contribution in [2.24, 2.45) is 11.3 Å². The molecule has 0 heterocycles. The van der Waals surface area contributed by atoms with Gasteiger partial charge in [-0.25, -0.2) is 0 Å². The summed E-state index contributed by atoms with van der Waals surface area (Å²) < 4.78 is 6.69. The molecule has 0 spiro atoms. The lowest BCUT2D eigenvalue weighted by Crippen LogP contribution is -2.46. The summed E-state index contributed by atoms with van der Waals surface area (Å²) >= 11 is 0. The third kappa shape index (κ3) is 6.04. The van der Waals surface area contributed by atoms with E-state index >= 15 is 0 Å². The maximum atomic E-state index is 11.9. The van der Waals surface area contributed by atoms with Crippen LogP contribution in [0.4, 0.5) is 0 Å². The van der Waals surface area contributed by atoms with E-state index in [1.165, 1.54) is 31.2 Å². The fraction of sp³-hybridized carbons (Fsp3) is 0.571. The summed E-state index contributed by atoms with van der Waals surface area (Å²) in [6.07, 6.45) is 14.5. The van der Waals surface area contributed by atoms with E-state index < -0.39 is 0 Å². The SMILES string of the molecule is CCCCCCC(C)(C)C1(OCc2ccccc2)C=CC(C2CC(=O)CC(=O)C2)=CC1. The third-order valence-corrected chi connectivity index (χ3v) is 7.14. The fourth-order valence-electron chi connectivity index (χ4n) is 4.96. The molecule has 168 valence electrons. The minimum Gasteiger partial charge on any atom is -0.365 e. The average molecular weight is 423 g/mol. The lowest BCUT2D eigenvalue weighted by Gasteiger charge is -2.46. The van der Waals surface area contributed by atoms with Gasteiger partial charge in [-0.1, -0.05) is 95.0 Å². The molecule has 0 amide bonds. The van der Waals surface area contributed by atoms with E-state index in [0.29, 0.717) is 19.4 Å². The average Bonchev–Trinajstić information content (AvgIpc) is 2.75. The Morgan fingerprint density at radius 3 is 2.35 bits per heavy atom. The number of carbonyl (C=O) groups excluding carboxylic acids is 2. The molecule has 0 aromatic heterocycles. The van der Waals surface area contributed by atoms with Crippen molar-refractivity contribution in [1.82, 2.24) is 0 Å². The van der Waals surface area contributed by atoms with E-state index in [1.807, 2.05) is 18.2 Å². The summed E-state index contributed by atoms with van der Waals surface area (Å²) in [5, 5.41) is 0. The monoisotopic (exact) mass is 422 g/mol. The molecule has 1 unspecified atom stereocenters. The first-order valence-corrected chi connectivity index (χ1v) is 12.0. The van der Waals surface area contributed by atoms with Crippen LogP contribution in [0.1, 0.15) is 84.1 Å². The Kier molecular flexibility index (Phi) is 8.05. The summed E-state index contributed by atoms with van der Waals surface area (Å²) in [7, 11) is 0. The Bertz CT molecular complexity index is 802. The summed E-state index contributed by atoms with van der Waals surface area (Å²) in [6.45, 7) is 7.46. The van der Waals surface area contributed by atoms with Crippen molar-refractivity contribution in [2.75, 3.05) is 0 Å². The lowest BCUT2D eigenvalue weighted by molar-refractivity contribution is -0.130. The molecule has 0 bridgehead atoms. The van der Waals surface area contributed by atoms with Crippen LogP contribution < -0.4 is 0 Å². The Balaban J connectivity index is 1.76. The first-order chi connectivity index (χ1) is 14.9. The maximum absolute atomic E-state index is 11.9. The second kappa shape index (κ2) is 10.5. The standard InChI is InChI=1S/C28H38O3/c1-4-5-6-10-15-27(2,3)28(31-21-22-11-8-7-9-12-22)16-13-23(14-17-28)24-18-25(29)20-26(30)19-24/h7-9,11-14,16,24H,4-6,10,15,17-21H2,1-3H3. The van der Waals surface area contributed by atoms with Gasteiger partial charge in [0.1, 0.15) is 11.6 Å². The molecule has 1 atom stereocenters. The topological polar surface area (TPSA) is 43.4 Å². The van der Waals surface area contributed by atoms with Gasteiger partial charge in [-0.05, 0) is 35.3 Å². The first kappa shape index (κ1) is 23.7. The molecule has 31 heavy (non-hydrogen) atoms. The van der Waals surface area contributed by atoms with Gasteiger partial charge in [0.2, 0.25) is 0 Å². The number of ketones is 2. The minimum absolute atomic E-state index is 0.0216. The molecule has 0 saturated heterocycles. The number of Topliss-reactive ketones (excluding diaryl/α,β-unsaturated/α-hetero) is 2. The van der Waals surface area contributed by atoms with Crippen molar-refractivity contribution in [3.05, 3.63) is 59.7 Å². The van der Waals surface area contributed by atoms with Crippen LogP contribution in [0.2, 0.25) is 0 Å². The van der Waals surface area contributed by atoms with Crippen LogP contribution in [0.3, 0.4) is 0 Å². The molecule has 2 aliphatic rings. The summed E-state index contributed by atoms with van der Waals surface area (Å²) in [4.78, 5) is 23.9. The molecular weight excluding hydrogens is 384 g/mol. The number of ether oxygens (including phenoxy) is 1. The van der Waals surface area contributed by atoms with Crippen molar-refractivity contribution in [3.63, 3.8) is 0 Å². The highest BCUT2D eigenvalue weighted by Gasteiger charge is 2.44. The number of rotatable bonds is 10. The molecular formula is C28H38O3. The van der Waals surface area contributed by atoms with Gasteiger partial charge in [0, 0.05) is 12.8 Å². The number of hydrogen-bond donors (Lipinski definition) is 0. The van der Waals surface area contributed by atoms with E-state index in [2.05, 4.69) is 51.1 Å². The summed E-state index contributed by atoms with van der Waals surface area (Å²) in [5.41, 5.74) is 1.89. The van der Waals surface area contributed by atoms with Crippen LogP contribution >= 0.6 is 0 Å². The third-order valence-electron chi connectivity index (χ3n) is 7.14. The predicted molar refractivity (Wildman–Crippen MR) is 126 cm³/mol. The van der Waals surface area contributed by atoms with Gasteiger partial charge in [-0.2, -0.15) is 0 Å². The molecule has 3 heteroatoms. The highest BCUT2D eigenvalue weighted by Crippen LogP contribution is 2.46. The Hall–Kier alpha value is -2.00. The van der Waals surface area contributed by atoms with Crippen LogP contribution in [-0.2, 0) is 20.9 Å². The molecule has 1 aromatic rings. The second-order valence-electron chi connectivity index (χ2n) is 9.96.